The van der Waals surface area contributed by atoms with Crippen LogP contribution in [0.5, 0.6) is 28.7 Å². The lowest BCUT2D eigenvalue weighted by molar-refractivity contribution is -0.280. The van der Waals surface area contributed by atoms with E-state index in [-0.39, 0.29) is 24.7 Å². The highest BCUT2D eigenvalue weighted by molar-refractivity contribution is 6.14. The summed E-state index contributed by atoms with van der Waals surface area (Å²) in [5, 5.41) is 0.993. The lowest BCUT2D eigenvalue weighted by atomic mass is 9.89. The van der Waals surface area contributed by atoms with Gasteiger partial charge in [0.2, 0.25) is 19.2 Å². The Morgan fingerprint density at radius 3 is 2.02 bits per heavy atom. The molecule has 1 saturated heterocycles. The predicted octanol–water partition coefficient (Wildman–Crippen LogP) is 3.84. The summed E-state index contributed by atoms with van der Waals surface area (Å²) in [5.74, 6) is -0.762. The Morgan fingerprint density at radius 1 is 0.745 bits per heavy atom. The molecular weight excluding hydrogens is 620 g/mol. The maximum absolute atomic E-state index is 13.4. The van der Waals surface area contributed by atoms with Gasteiger partial charge in [0.15, 0.2) is 35.2 Å². The summed E-state index contributed by atoms with van der Waals surface area (Å²) in [6.07, 6.45) is -6.12. The third-order valence-electron chi connectivity index (χ3n) is 7.94. The number of carbonyl (C=O) groups excluding carboxylic acids is 4. The molecule has 248 valence electrons. The summed E-state index contributed by atoms with van der Waals surface area (Å²) in [5.41, 5.74) is 1.76. The van der Waals surface area contributed by atoms with Gasteiger partial charge in [-0.15, -0.1) is 0 Å². The number of hydrogen-bond acceptors (Lipinski definition) is 14. The molecule has 0 N–H and O–H groups in total. The second kappa shape index (κ2) is 12.5. The SMILES string of the molecule is COc1cc2c(OC3O[C@@H](C)[C@@H](OC(C)=O)[C@@H](OC(C)=O)[C@H]3OC(C)=O)c3c(c(-c4ccc5c(c4)OCO5)c2cc1OC)C(=O)OC3. The smallest absolute Gasteiger partial charge is 0.339 e. The maximum atomic E-state index is 13.4. The van der Waals surface area contributed by atoms with Crippen molar-refractivity contribution in [1.29, 1.82) is 0 Å². The first-order valence-corrected chi connectivity index (χ1v) is 14.7. The van der Waals surface area contributed by atoms with Crippen molar-refractivity contribution in [2.45, 2.75) is 65.0 Å². The van der Waals surface area contributed by atoms with Crippen LogP contribution >= 0.6 is 0 Å². The molecule has 1 fully saturated rings. The minimum Gasteiger partial charge on any atom is -0.493 e. The summed E-state index contributed by atoms with van der Waals surface area (Å²) in [4.78, 5) is 50.0. The van der Waals surface area contributed by atoms with E-state index in [2.05, 4.69) is 0 Å². The molecule has 0 radical (unpaired) electrons. The normalized spacial score (nSPS) is 22.6. The average molecular weight is 653 g/mol. The Hall–Kier alpha value is -5.24. The lowest BCUT2D eigenvalue weighted by Gasteiger charge is -2.43. The summed E-state index contributed by atoms with van der Waals surface area (Å²) >= 11 is 0. The molecule has 0 bridgehead atoms. The van der Waals surface area contributed by atoms with Crippen molar-refractivity contribution in [2.75, 3.05) is 21.0 Å². The number of fused-ring (bicyclic) bond motifs is 3. The van der Waals surface area contributed by atoms with E-state index >= 15 is 0 Å². The number of rotatable bonds is 8. The number of benzene rings is 3. The molecule has 14 nitrogen and oxygen atoms in total. The van der Waals surface area contributed by atoms with Gasteiger partial charge in [-0.2, -0.15) is 0 Å². The van der Waals surface area contributed by atoms with Crippen LogP contribution in [0.15, 0.2) is 30.3 Å². The van der Waals surface area contributed by atoms with E-state index in [1.54, 1.807) is 37.3 Å². The number of hydrogen-bond donors (Lipinski definition) is 0. The fraction of sp³-hybridized carbons (Fsp3) is 0.394. The van der Waals surface area contributed by atoms with Crippen LogP contribution in [0.4, 0.5) is 0 Å². The molecule has 3 heterocycles. The van der Waals surface area contributed by atoms with Crippen LogP contribution in [0.25, 0.3) is 21.9 Å². The Bertz CT molecular complexity index is 1780. The van der Waals surface area contributed by atoms with Crippen molar-refractivity contribution in [1.82, 2.24) is 0 Å². The van der Waals surface area contributed by atoms with Gasteiger partial charge in [-0.05, 0) is 42.1 Å². The Kier molecular flexibility index (Phi) is 8.45. The van der Waals surface area contributed by atoms with Gasteiger partial charge in [0, 0.05) is 37.3 Å². The summed E-state index contributed by atoms with van der Waals surface area (Å²) < 4.78 is 57.2. The third-order valence-corrected chi connectivity index (χ3v) is 7.94. The van der Waals surface area contributed by atoms with E-state index in [4.69, 9.17) is 47.4 Å². The molecule has 3 aromatic rings. The van der Waals surface area contributed by atoms with Gasteiger partial charge in [-0.3, -0.25) is 14.4 Å². The Balaban J connectivity index is 1.56. The number of ether oxygens (including phenoxy) is 10. The van der Waals surface area contributed by atoms with Gasteiger partial charge in [0.05, 0.1) is 25.9 Å². The zero-order valence-corrected chi connectivity index (χ0v) is 26.4. The molecule has 3 aromatic carbocycles. The van der Waals surface area contributed by atoms with E-state index in [0.29, 0.717) is 50.5 Å². The average Bonchev–Trinajstić information content (AvgIpc) is 3.65. The number of esters is 4. The van der Waals surface area contributed by atoms with Gasteiger partial charge in [0.25, 0.3) is 0 Å². The maximum Gasteiger partial charge on any atom is 0.339 e. The summed E-state index contributed by atoms with van der Waals surface area (Å²) in [7, 11) is 2.96. The minimum absolute atomic E-state index is 0.0629. The van der Waals surface area contributed by atoms with Crippen LogP contribution in [0.2, 0.25) is 0 Å². The van der Waals surface area contributed by atoms with E-state index in [0.717, 1.165) is 6.92 Å². The van der Waals surface area contributed by atoms with Crippen molar-refractivity contribution < 1.29 is 66.5 Å². The molecule has 3 aliphatic heterocycles. The largest absolute Gasteiger partial charge is 0.493 e. The van der Waals surface area contributed by atoms with Crippen molar-refractivity contribution in [3.63, 3.8) is 0 Å². The molecule has 3 aliphatic rings. The molecule has 0 saturated carbocycles. The minimum atomic E-state index is -1.41. The van der Waals surface area contributed by atoms with Gasteiger partial charge < -0.3 is 47.4 Å². The number of carbonyl (C=O) groups is 4. The Morgan fingerprint density at radius 2 is 1.36 bits per heavy atom. The molecule has 5 atom stereocenters. The van der Waals surface area contributed by atoms with Crippen LogP contribution in [-0.2, 0) is 44.7 Å². The molecule has 0 aliphatic carbocycles. The first-order valence-electron chi connectivity index (χ1n) is 14.7. The second-order valence-electron chi connectivity index (χ2n) is 11.0. The quantitative estimate of drug-likeness (QED) is 0.255. The molecular formula is C33H32O14. The van der Waals surface area contributed by atoms with Crippen molar-refractivity contribution in [3.05, 3.63) is 41.5 Å². The molecule has 0 spiro atoms. The van der Waals surface area contributed by atoms with Crippen LogP contribution in [0, 0.1) is 0 Å². The zero-order chi connectivity index (χ0) is 33.6. The third kappa shape index (κ3) is 5.80. The van der Waals surface area contributed by atoms with E-state index in [1.165, 1.54) is 28.1 Å². The van der Waals surface area contributed by atoms with Crippen molar-refractivity contribution in [3.8, 4) is 39.9 Å². The van der Waals surface area contributed by atoms with Gasteiger partial charge in [-0.1, -0.05) is 6.07 Å². The van der Waals surface area contributed by atoms with E-state index < -0.39 is 54.6 Å². The first-order chi connectivity index (χ1) is 22.5. The number of cyclic esters (lactones) is 1. The van der Waals surface area contributed by atoms with Gasteiger partial charge in [0.1, 0.15) is 12.4 Å². The molecule has 47 heavy (non-hydrogen) atoms. The molecule has 14 heteroatoms. The fourth-order valence-electron chi connectivity index (χ4n) is 6.08. The first kappa shape index (κ1) is 31.7. The molecule has 6 rings (SSSR count). The molecule has 0 aromatic heterocycles. The Labute approximate surface area is 268 Å². The predicted molar refractivity (Wildman–Crippen MR) is 159 cm³/mol. The molecule has 0 amide bonds. The van der Waals surface area contributed by atoms with Crippen LogP contribution in [-0.4, -0.2) is 75.6 Å². The van der Waals surface area contributed by atoms with Crippen LogP contribution in [0.3, 0.4) is 0 Å². The second-order valence-corrected chi connectivity index (χ2v) is 11.0. The van der Waals surface area contributed by atoms with Gasteiger partial charge in [-0.25, -0.2) is 4.79 Å². The van der Waals surface area contributed by atoms with Crippen LogP contribution < -0.4 is 23.7 Å². The van der Waals surface area contributed by atoms with E-state index in [1.807, 2.05) is 0 Å². The highest BCUT2D eigenvalue weighted by Crippen LogP contribution is 2.50. The topological polar surface area (TPSA) is 161 Å². The van der Waals surface area contributed by atoms with Crippen LogP contribution in [0.1, 0.15) is 43.6 Å². The summed E-state index contributed by atoms with van der Waals surface area (Å²) in [6, 6.07) is 8.70. The highest BCUT2D eigenvalue weighted by atomic mass is 16.7. The van der Waals surface area contributed by atoms with Crippen molar-refractivity contribution in [2.24, 2.45) is 0 Å². The lowest BCUT2D eigenvalue weighted by Crippen LogP contribution is -2.62. The monoisotopic (exact) mass is 652 g/mol. The van der Waals surface area contributed by atoms with Crippen molar-refractivity contribution >= 4 is 34.6 Å². The molecule has 1 unspecified atom stereocenters. The fourth-order valence-corrected chi connectivity index (χ4v) is 6.08. The summed E-state index contributed by atoms with van der Waals surface area (Å²) in [6.45, 7) is 5.02. The zero-order valence-electron chi connectivity index (χ0n) is 26.4. The van der Waals surface area contributed by atoms with Gasteiger partial charge >= 0.3 is 23.9 Å². The van der Waals surface area contributed by atoms with E-state index in [9.17, 15) is 19.2 Å². The highest BCUT2D eigenvalue weighted by Gasteiger charge is 2.52. The number of methoxy groups -OCH3 is 2. The standard InChI is InChI=1S/C33H32O14/c1-14-28(44-15(2)34)30(45-16(3)35)31(46-17(4)36)33(43-14)47-29-20-11-24(39-6)23(38-5)10-19(20)26(27-21(29)12-40-32(27)37)18-7-8-22-25(9-18)42-13-41-22/h7-11,14,28,30-31,33H,12-13H2,1-6H3/t14-,28+,30+,31+,33?/m0/s1.